The summed E-state index contributed by atoms with van der Waals surface area (Å²) in [5.41, 5.74) is 1.07. The van der Waals surface area contributed by atoms with Crippen molar-refractivity contribution in [1.82, 2.24) is 25.4 Å². The molecule has 1 saturated heterocycles. The van der Waals surface area contributed by atoms with Crippen LogP contribution in [0.25, 0.3) is 0 Å². The summed E-state index contributed by atoms with van der Waals surface area (Å²) in [6, 6.07) is 10.4. The molecule has 2 heterocycles. The summed E-state index contributed by atoms with van der Waals surface area (Å²) in [6.07, 6.45) is 4.76. The average molecular weight is 339 g/mol. The van der Waals surface area contributed by atoms with Crippen LogP contribution in [0, 0.1) is 11.3 Å². The number of amides is 1. The molecule has 25 heavy (non-hydrogen) atoms. The zero-order valence-corrected chi connectivity index (χ0v) is 14.6. The summed E-state index contributed by atoms with van der Waals surface area (Å²) >= 11 is 0. The highest BCUT2D eigenvalue weighted by Crippen LogP contribution is 2.49. The Labute approximate surface area is 148 Å². The third kappa shape index (κ3) is 3.06. The van der Waals surface area contributed by atoms with Gasteiger partial charge < -0.3 is 5.32 Å². The average Bonchev–Trinajstić information content (AvgIpc) is 3.31. The number of H-pyrrole nitrogens is 1. The van der Waals surface area contributed by atoms with Gasteiger partial charge in [0.25, 0.3) is 0 Å². The molecule has 2 aromatic rings. The minimum atomic E-state index is -0.247. The van der Waals surface area contributed by atoms with Gasteiger partial charge in [-0.05, 0) is 31.2 Å². The molecule has 2 aliphatic rings. The number of hydrogen-bond donors (Lipinski definition) is 2. The van der Waals surface area contributed by atoms with Gasteiger partial charge in [-0.3, -0.25) is 14.8 Å². The maximum Gasteiger partial charge on any atom is 0.228 e. The van der Waals surface area contributed by atoms with E-state index >= 15 is 0 Å². The van der Waals surface area contributed by atoms with Gasteiger partial charge in [0, 0.05) is 19.6 Å². The number of carbonyl (C=O) groups is 1. The van der Waals surface area contributed by atoms with Crippen molar-refractivity contribution in [2.45, 2.75) is 38.8 Å². The van der Waals surface area contributed by atoms with Crippen LogP contribution < -0.4 is 5.32 Å². The molecular formula is C19H25N5O. The SMILES string of the molecule is CC(NC(=O)[C@@]12CCC[C@@H]1CN(Cc1ccccc1)C2)c1ncn[nH]1. The maximum atomic E-state index is 13.2. The highest BCUT2D eigenvalue weighted by molar-refractivity contribution is 5.84. The van der Waals surface area contributed by atoms with Gasteiger partial charge in [0.2, 0.25) is 5.91 Å². The topological polar surface area (TPSA) is 73.9 Å². The predicted molar refractivity (Wildman–Crippen MR) is 94.4 cm³/mol. The zero-order chi connectivity index (χ0) is 17.3. The highest BCUT2D eigenvalue weighted by Gasteiger charge is 2.54. The number of likely N-dealkylation sites (tertiary alicyclic amines) is 1. The van der Waals surface area contributed by atoms with Crippen molar-refractivity contribution in [2.75, 3.05) is 13.1 Å². The highest BCUT2D eigenvalue weighted by atomic mass is 16.2. The van der Waals surface area contributed by atoms with E-state index < -0.39 is 0 Å². The van der Waals surface area contributed by atoms with Gasteiger partial charge in [-0.1, -0.05) is 36.8 Å². The van der Waals surface area contributed by atoms with E-state index in [2.05, 4.69) is 49.7 Å². The molecule has 1 saturated carbocycles. The molecule has 1 aromatic heterocycles. The van der Waals surface area contributed by atoms with Gasteiger partial charge in [-0.15, -0.1) is 0 Å². The van der Waals surface area contributed by atoms with Crippen molar-refractivity contribution in [3.8, 4) is 0 Å². The number of benzene rings is 1. The second-order valence-corrected chi connectivity index (χ2v) is 7.47. The van der Waals surface area contributed by atoms with Crippen LogP contribution in [-0.4, -0.2) is 39.1 Å². The minimum absolute atomic E-state index is 0.145. The van der Waals surface area contributed by atoms with E-state index in [1.165, 1.54) is 11.9 Å². The van der Waals surface area contributed by atoms with Gasteiger partial charge in [0.15, 0.2) is 0 Å². The molecule has 0 bridgehead atoms. The molecule has 4 rings (SSSR count). The molecule has 1 unspecified atom stereocenters. The molecule has 0 radical (unpaired) electrons. The number of fused-ring (bicyclic) bond motifs is 1. The van der Waals surface area contributed by atoms with E-state index in [4.69, 9.17) is 0 Å². The third-order valence-corrected chi connectivity index (χ3v) is 5.83. The first-order valence-electron chi connectivity index (χ1n) is 9.10. The summed E-state index contributed by atoms with van der Waals surface area (Å²) in [5, 5.41) is 9.89. The van der Waals surface area contributed by atoms with Gasteiger partial charge in [-0.2, -0.15) is 5.10 Å². The largest absolute Gasteiger partial charge is 0.346 e. The van der Waals surface area contributed by atoms with Crippen molar-refractivity contribution in [3.63, 3.8) is 0 Å². The quantitative estimate of drug-likeness (QED) is 0.876. The van der Waals surface area contributed by atoms with Crippen molar-refractivity contribution >= 4 is 5.91 Å². The summed E-state index contributed by atoms with van der Waals surface area (Å²) in [7, 11) is 0. The van der Waals surface area contributed by atoms with E-state index in [0.717, 1.165) is 38.9 Å². The fraction of sp³-hybridized carbons (Fsp3) is 0.526. The van der Waals surface area contributed by atoms with Gasteiger partial charge in [0.05, 0.1) is 11.5 Å². The van der Waals surface area contributed by atoms with E-state index in [9.17, 15) is 4.79 Å². The number of hydrogen-bond acceptors (Lipinski definition) is 4. The number of carbonyl (C=O) groups excluding carboxylic acids is 1. The van der Waals surface area contributed by atoms with Crippen LogP contribution in [0.1, 0.15) is 43.6 Å². The van der Waals surface area contributed by atoms with Crippen LogP contribution in [-0.2, 0) is 11.3 Å². The predicted octanol–water partition coefficient (Wildman–Crippen LogP) is 2.28. The van der Waals surface area contributed by atoms with Gasteiger partial charge in [0.1, 0.15) is 12.2 Å². The van der Waals surface area contributed by atoms with Crippen molar-refractivity contribution < 1.29 is 4.79 Å². The first-order chi connectivity index (χ1) is 12.2. The molecule has 6 nitrogen and oxygen atoms in total. The fourth-order valence-corrected chi connectivity index (χ4v) is 4.56. The lowest BCUT2D eigenvalue weighted by atomic mass is 9.79. The Morgan fingerprint density at radius 1 is 1.44 bits per heavy atom. The number of aromatic amines is 1. The second kappa shape index (κ2) is 6.59. The number of rotatable bonds is 5. The molecule has 6 heteroatoms. The normalized spacial score (nSPS) is 27.2. The summed E-state index contributed by atoms with van der Waals surface area (Å²) < 4.78 is 0. The van der Waals surface area contributed by atoms with E-state index in [1.54, 1.807) is 0 Å². The van der Waals surface area contributed by atoms with Gasteiger partial charge in [-0.25, -0.2) is 4.98 Å². The lowest BCUT2D eigenvalue weighted by Crippen LogP contribution is -2.45. The molecule has 2 N–H and O–H groups in total. The zero-order valence-electron chi connectivity index (χ0n) is 14.6. The van der Waals surface area contributed by atoms with E-state index in [-0.39, 0.29) is 17.4 Å². The molecule has 3 atom stereocenters. The Hall–Kier alpha value is -2.21. The Kier molecular flexibility index (Phi) is 4.29. The van der Waals surface area contributed by atoms with E-state index in [0.29, 0.717) is 11.7 Å². The van der Waals surface area contributed by atoms with Crippen molar-refractivity contribution in [2.24, 2.45) is 11.3 Å². The lowest BCUT2D eigenvalue weighted by molar-refractivity contribution is -0.132. The summed E-state index contributed by atoms with van der Waals surface area (Å²) in [6.45, 7) is 4.74. The number of nitrogens with one attached hydrogen (secondary N) is 2. The Morgan fingerprint density at radius 3 is 3.04 bits per heavy atom. The van der Waals surface area contributed by atoms with Crippen LogP contribution in [0.15, 0.2) is 36.7 Å². The smallest absolute Gasteiger partial charge is 0.228 e. The lowest BCUT2D eigenvalue weighted by Gasteiger charge is -2.29. The fourth-order valence-electron chi connectivity index (χ4n) is 4.56. The second-order valence-electron chi connectivity index (χ2n) is 7.47. The molecule has 1 aromatic carbocycles. The molecular weight excluding hydrogens is 314 g/mol. The van der Waals surface area contributed by atoms with Crippen LogP contribution in [0.4, 0.5) is 0 Å². The molecule has 1 amide bonds. The van der Waals surface area contributed by atoms with Crippen LogP contribution in [0.5, 0.6) is 0 Å². The summed E-state index contributed by atoms with van der Waals surface area (Å²) in [5.74, 6) is 1.34. The number of aromatic nitrogens is 3. The minimum Gasteiger partial charge on any atom is -0.346 e. The van der Waals surface area contributed by atoms with Gasteiger partial charge >= 0.3 is 0 Å². The Morgan fingerprint density at radius 2 is 2.28 bits per heavy atom. The number of nitrogens with zero attached hydrogens (tertiary/aromatic N) is 3. The molecule has 2 fully saturated rings. The van der Waals surface area contributed by atoms with Crippen LogP contribution in [0.3, 0.4) is 0 Å². The standard InChI is InChI=1S/C19H25N5O/c1-14(17-20-13-21-23-17)22-18(25)19-9-5-8-16(19)11-24(12-19)10-15-6-3-2-4-7-15/h2-4,6-7,13-14,16H,5,8-12H2,1H3,(H,22,25)(H,20,21,23)/t14?,16-,19-/m1/s1. The monoisotopic (exact) mass is 339 g/mol. The Bertz CT molecular complexity index is 717. The van der Waals surface area contributed by atoms with Crippen molar-refractivity contribution in [3.05, 3.63) is 48.0 Å². The maximum absolute atomic E-state index is 13.2. The van der Waals surface area contributed by atoms with Crippen LogP contribution >= 0.6 is 0 Å². The first-order valence-corrected chi connectivity index (χ1v) is 9.10. The molecule has 1 aliphatic heterocycles. The molecule has 132 valence electrons. The molecule has 0 spiro atoms. The van der Waals surface area contributed by atoms with Crippen LogP contribution in [0.2, 0.25) is 0 Å². The third-order valence-electron chi connectivity index (χ3n) is 5.83. The summed E-state index contributed by atoms with van der Waals surface area (Å²) in [4.78, 5) is 19.8. The van der Waals surface area contributed by atoms with E-state index in [1.807, 2.05) is 13.0 Å². The van der Waals surface area contributed by atoms with Crippen molar-refractivity contribution in [1.29, 1.82) is 0 Å². The Balaban J connectivity index is 1.46. The molecule has 1 aliphatic carbocycles. The first kappa shape index (κ1) is 16.3.